The van der Waals surface area contributed by atoms with E-state index in [4.69, 9.17) is 4.74 Å². The van der Waals surface area contributed by atoms with E-state index in [1.807, 2.05) is 13.8 Å². The van der Waals surface area contributed by atoms with Crippen LogP contribution >= 0.6 is 11.3 Å². The Hall–Kier alpha value is -1.14. The quantitative estimate of drug-likeness (QED) is 0.876. The van der Waals surface area contributed by atoms with Gasteiger partial charge in [0, 0.05) is 19.6 Å². The van der Waals surface area contributed by atoms with E-state index >= 15 is 0 Å². The summed E-state index contributed by atoms with van der Waals surface area (Å²) in [4.78, 5) is 19.1. The molecule has 0 atom stereocenters. The second-order valence-electron chi connectivity index (χ2n) is 3.87. The number of nitrogens with zero attached hydrogens (tertiary/aromatic N) is 2. The van der Waals surface area contributed by atoms with Gasteiger partial charge in [0.1, 0.15) is 4.88 Å². The molecule has 0 aliphatic carbocycles. The zero-order chi connectivity index (χ0) is 12.3. The van der Waals surface area contributed by atoms with E-state index in [1.165, 1.54) is 11.3 Å². The first kappa shape index (κ1) is 12.3. The first-order valence-electron chi connectivity index (χ1n) is 5.80. The summed E-state index contributed by atoms with van der Waals surface area (Å²) in [6.45, 7) is 7.60. The standard InChI is InChI=1S/C11H17N3O2S/c1-3-12-10(15)9-8(2)13-11(17-9)14-4-6-16-7-5-14/h3-7H2,1-2H3,(H,12,15). The molecule has 0 spiro atoms. The van der Waals surface area contributed by atoms with Crippen LogP contribution in [0.4, 0.5) is 5.13 Å². The fourth-order valence-corrected chi connectivity index (χ4v) is 2.76. The molecule has 1 aromatic heterocycles. The second-order valence-corrected chi connectivity index (χ2v) is 4.85. The fraction of sp³-hybridized carbons (Fsp3) is 0.636. The van der Waals surface area contributed by atoms with Gasteiger partial charge >= 0.3 is 0 Å². The molecule has 1 aromatic rings. The highest BCUT2D eigenvalue weighted by Gasteiger charge is 2.19. The summed E-state index contributed by atoms with van der Waals surface area (Å²) >= 11 is 1.46. The molecular weight excluding hydrogens is 238 g/mol. The van der Waals surface area contributed by atoms with Gasteiger partial charge in [0.15, 0.2) is 5.13 Å². The van der Waals surface area contributed by atoms with E-state index in [2.05, 4.69) is 15.2 Å². The molecule has 5 nitrogen and oxygen atoms in total. The molecule has 94 valence electrons. The molecule has 17 heavy (non-hydrogen) atoms. The smallest absolute Gasteiger partial charge is 0.263 e. The van der Waals surface area contributed by atoms with Crippen molar-refractivity contribution in [1.29, 1.82) is 0 Å². The van der Waals surface area contributed by atoms with E-state index in [0.717, 1.165) is 37.1 Å². The van der Waals surface area contributed by atoms with Gasteiger partial charge in [0.25, 0.3) is 5.91 Å². The number of thiazole rings is 1. The Bertz CT molecular complexity index is 399. The van der Waals surface area contributed by atoms with Crippen LogP contribution in [-0.2, 0) is 4.74 Å². The summed E-state index contributed by atoms with van der Waals surface area (Å²) in [6, 6.07) is 0. The lowest BCUT2D eigenvalue weighted by molar-refractivity contribution is 0.0959. The van der Waals surface area contributed by atoms with Crippen LogP contribution in [-0.4, -0.2) is 43.7 Å². The van der Waals surface area contributed by atoms with Gasteiger partial charge in [-0.25, -0.2) is 4.98 Å². The third-order valence-electron chi connectivity index (χ3n) is 2.61. The van der Waals surface area contributed by atoms with Crippen molar-refractivity contribution in [3.05, 3.63) is 10.6 Å². The van der Waals surface area contributed by atoms with E-state index in [9.17, 15) is 4.79 Å². The number of anilines is 1. The molecule has 2 heterocycles. The average Bonchev–Trinajstić information content (AvgIpc) is 2.73. The maximum atomic E-state index is 11.8. The Balaban J connectivity index is 2.14. The molecule has 1 aliphatic rings. The van der Waals surface area contributed by atoms with Gasteiger partial charge in [-0.05, 0) is 13.8 Å². The molecule has 0 unspecified atom stereocenters. The second kappa shape index (κ2) is 5.46. The number of ether oxygens (including phenoxy) is 1. The van der Waals surface area contributed by atoms with Crippen molar-refractivity contribution in [2.75, 3.05) is 37.7 Å². The van der Waals surface area contributed by atoms with Crippen LogP contribution in [0.2, 0.25) is 0 Å². The topological polar surface area (TPSA) is 54.5 Å². The van der Waals surface area contributed by atoms with Crippen LogP contribution in [0.5, 0.6) is 0 Å². The van der Waals surface area contributed by atoms with Crippen LogP contribution < -0.4 is 10.2 Å². The average molecular weight is 255 g/mol. The number of carbonyl (C=O) groups excluding carboxylic acids is 1. The van der Waals surface area contributed by atoms with Gasteiger partial charge in [-0.15, -0.1) is 0 Å². The van der Waals surface area contributed by atoms with E-state index in [-0.39, 0.29) is 5.91 Å². The minimum absolute atomic E-state index is 0.0259. The molecule has 0 saturated carbocycles. The highest BCUT2D eigenvalue weighted by Crippen LogP contribution is 2.26. The normalized spacial score (nSPS) is 16.0. The molecule has 6 heteroatoms. The fourth-order valence-electron chi connectivity index (χ4n) is 1.72. The highest BCUT2D eigenvalue weighted by atomic mass is 32.1. The molecule has 1 amide bonds. The molecule has 1 aliphatic heterocycles. The number of carbonyl (C=O) groups is 1. The zero-order valence-electron chi connectivity index (χ0n) is 10.2. The summed E-state index contributed by atoms with van der Waals surface area (Å²) < 4.78 is 5.30. The van der Waals surface area contributed by atoms with Crippen LogP contribution in [0.15, 0.2) is 0 Å². The minimum atomic E-state index is -0.0259. The van der Waals surface area contributed by atoms with Gasteiger partial charge < -0.3 is 15.0 Å². The Labute approximate surface area is 105 Å². The summed E-state index contributed by atoms with van der Waals surface area (Å²) in [6.07, 6.45) is 0. The minimum Gasteiger partial charge on any atom is -0.378 e. The number of aromatic nitrogens is 1. The summed E-state index contributed by atoms with van der Waals surface area (Å²) in [5, 5.41) is 3.73. The lowest BCUT2D eigenvalue weighted by Gasteiger charge is -2.25. The number of nitrogens with one attached hydrogen (secondary N) is 1. The first-order valence-corrected chi connectivity index (χ1v) is 6.62. The summed E-state index contributed by atoms with van der Waals surface area (Å²) in [5.41, 5.74) is 0.808. The van der Waals surface area contributed by atoms with Crippen molar-refractivity contribution in [3.63, 3.8) is 0 Å². The van der Waals surface area contributed by atoms with Crippen LogP contribution in [0.3, 0.4) is 0 Å². The molecule has 1 saturated heterocycles. The Morgan fingerprint density at radius 3 is 2.88 bits per heavy atom. The van der Waals surface area contributed by atoms with Crippen molar-refractivity contribution in [2.24, 2.45) is 0 Å². The van der Waals surface area contributed by atoms with Gasteiger partial charge in [-0.3, -0.25) is 4.79 Å². The van der Waals surface area contributed by atoms with E-state index in [0.29, 0.717) is 11.4 Å². The van der Waals surface area contributed by atoms with Gasteiger partial charge in [-0.1, -0.05) is 11.3 Å². The monoisotopic (exact) mass is 255 g/mol. The molecular formula is C11H17N3O2S. The molecule has 1 N–H and O–H groups in total. The predicted octanol–water partition coefficient (Wildman–Crippen LogP) is 1.04. The molecule has 1 fully saturated rings. The molecule has 0 bridgehead atoms. The summed E-state index contributed by atoms with van der Waals surface area (Å²) in [5.74, 6) is -0.0259. The number of amides is 1. The van der Waals surface area contributed by atoms with Crippen molar-refractivity contribution in [3.8, 4) is 0 Å². The highest BCUT2D eigenvalue weighted by molar-refractivity contribution is 7.17. The number of hydrogen-bond acceptors (Lipinski definition) is 5. The van der Waals surface area contributed by atoms with Crippen LogP contribution in [0, 0.1) is 6.92 Å². The Morgan fingerprint density at radius 2 is 2.24 bits per heavy atom. The van der Waals surface area contributed by atoms with Crippen molar-refractivity contribution >= 4 is 22.4 Å². The van der Waals surface area contributed by atoms with Crippen LogP contribution in [0.1, 0.15) is 22.3 Å². The number of morpholine rings is 1. The number of aryl methyl sites for hydroxylation is 1. The summed E-state index contributed by atoms with van der Waals surface area (Å²) in [7, 11) is 0. The number of rotatable bonds is 3. The van der Waals surface area contributed by atoms with Gasteiger partial charge in [0.05, 0.1) is 18.9 Å². The largest absolute Gasteiger partial charge is 0.378 e. The maximum absolute atomic E-state index is 11.8. The lowest BCUT2D eigenvalue weighted by atomic mass is 10.4. The van der Waals surface area contributed by atoms with Crippen molar-refractivity contribution in [1.82, 2.24) is 10.3 Å². The molecule has 0 aromatic carbocycles. The predicted molar refractivity (Wildman–Crippen MR) is 67.9 cm³/mol. The Kier molecular flexibility index (Phi) is 3.96. The lowest BCUT2D eigenvalue weighted by Crippen LogP contribution is -2.36. The maximum Gasteiger partial charge on any atom is 0.263 e. The van der Waals surface area contributed by atoms with E-state index < -0.39 is 0 Å². The SMILES string of the molecule is CCNC(=O)c1sc(N2CCOCC2)nc1C. The third-order valence-corrected chi connectivity index (χ3v) is 3.83. The van der Waals surface area contributed by atoms with Gasteiger partial charge in [-0.2, -0.15) is 0 Å². The number of hydrogen-bond donors (Lipinski definition) is 1. The van der Waals surface area contributed by atoms with Crippen molar-refractivity contribution in [2.45, 2.75) is 13.8 Å². The molecule has 2 rings (SSSR count). The van der Waals surface area contributed by atoms with Gasteiger partial charge in [0.2, 0.25) is 0 Å². The van der Waals surface area contributed by atoms with Crippen molar-refractivity contribution < 1.29 is 9.53 Å². The third kappa shape index (κ3) is 2.76. The van der Waals surface area contributed by atoms with E-state index in [1.54, 1.807) is 0 Å². The first-order chi connectivity index (χ1) is 8.22. The Morgan fingerprint density at radius 1 is 1.53 bits per heavy atom. The van der Waals surface area contributed by atoms with Crippen LogP contribution in [0.25, 0.3) is 0 Å². The molecule has 0 radical (unpaired) electrons. The zero-order valence-corrected chi connectivity index (χ0v) is 11.0.